The average molecular weight is 324 g/mol. The quantitative estimate of drug-likeness (QED) is 0.906. The Balaban J connectivity index is 1.99. The number of ketones is 1. The number of benzene rings is 1. The van der Waals surface area contributed by atoms with Crippen LogP contribution in [0.2, 0.25) is 0 Å². The number of nitriles is 1. The Morgan fingerprint density at radius 1 is 1.26 bits per heavy atom. The van der Waals surface area contributed by atoms with Crippen molar-refractivity contribution < 1.29 is 9.59 Å². The Hall–Kier alpha value is -2.45. The molecule has 0 fully saturated rings. The molecule has 0 unspecified atom stereocenters. The maximum atomic E-state index is 12.5. The van der Waals surface area contributed by atoms with Crippen molar-refractivity contribution in [3.63, 3.8) is 0 Å². The van der Waals surface area contributed by atoms with E-state index in [9.17, 15) is 14.9 Å². The number of rotatable bonds is 2. The van der Waals surface area contributed by atoms with Gasteiger partial charge in [-0.25, -0.2) is 0 Å². The minimum Gasteiger partial charge on any atom is -0.313 e. The maximum Gasteiger partial charge on any atom is 0.256 e. The Morgan fingerprint density at radius 2 is 1.96 bits per heavy atom. The number of anilines is 1. The highest BCUT2D eigenvalue weighted by Gasteiger charge is 2.36. The number of thiophene rings is 1. The van der Waals surface area contributed by atoms with Gasteiger partial charge in [-0.3, -0.25) is 9.59 Å². The zero-order valence-corrected chi connectivity index (χ0v) is 13.8. The highest BCUT2D eigenvalue weighted by atomic mass is 32.1. The van der Waals surface area contributed by atoms with Crippen molar-refractivity contribution >= 4 is 28.0 Å². The topological polar surface area (TPSA) is 70.0 Å². The van der Waals surface area contributed by atoms with Crippen LogP contribution >= 0.6 is 11.3 Å². The van der Waals surface area contributed by atoms with Crippen molar-refractivity contribution in [2.75, 3.05) is 5.32 Å². The molecule has 5 heteroatoms. The molecule has 3 rings (SSSR count). The van der Waals surface area contributed by atoms with Crippen molar-refractivity contribution in [1.82, 2.24) is 0 Å². The van der Waals surface area contributed by atoms with Crippen molar-refractivity contribution in [3.05, 3.63) is 51.9 Å². The second kappa shape index (κ2) is 5.64. The lowest BCUT2D eigenvalue weighted by Crippen LogP contribution is -2.27. The molecule has 0 spiro atoms. The third-order valence-electron chi connectivity index (χ3n) is 3.94. The normalized spacial score (nSPS) is 15.6. The summed E-state index contributed by atoms with van der Waals surface area (Å²) in [5.41, 5.74) is 1.67. The van der Waals surface area contributed by atoms with E-state index in [4.69, 9.17) is 0 Å². The summed E-state index contributed by atoms with van der Waals surface area (Å²) in [5, 5.41) is 12.6. The fourth-order valence-corrected chi connectivity index (χ4v) is 3.97. The molecule has 0 bridgehead atoms. The number of fused-ring (bicyclic) bond motifs is 1. The lowest BCUT2D eigenvalue weighted by Gasteiger charge is -2.29. The number of carbonyl (C=O) groups is 2. The van der Waals surface area contributed by atoms with E-state index in [2.05, 4.69) is 11.4 Å². The van der Waals surface area contributed by atoms with Crippen LogP contribution in [0.4, 0.5) is 5.00 Å². The van der Waals surface area contributed by atoms with Gasteiger partial charge in [-0.2, -0.15) is 5.26 Å². The van der Waals surface area contributed by atoms with Crippen molar-refractivity contribution in [1.29, 1.82) is 5.26 Å². The van der Waals surface area contributed by atoms with Crippen LogP contribution in [-0.4, -0.2) is 11.7 Å². The molecule has 0 atom stereocenters. The first kappa shape index (κ1) is 15.4. The first-order chi connectivity index (χ1) is 10.9. The summed E-state index contributed by atoms with van der Waals surface area (Å²) in [6, 6.07) is 11.0. The van der Waals surface area contributed by atoms with Crippen LogP contribution in [0.1, 0.15) is 51.4 Å². The Morgan fingerprint density at radius 3 is 2.61 bits per heavy atom. The molecule has 1 heterocycles. The highest BCUT2D eigenvalue weighted by molar-refractivity contribution is 7.17. The summed E-state index contributed by atoms with van der Waals surface area (Å²) in [5.74, 6) is -0.269. The first-order valence-corrected chi connectivity index (χ1v) is 8.18. The van der Waals surface area contributed by atoms with Crippen LogP contribution in [0.5, 0.6) is 0 Å². The Labute approximate surface area is 138 Å². The molecule has 0 saturated heterocycles. The van der Waals surface area contributed by atoms with Crippen LogP contribution in [-0.2, 0) is 6.42 Å². The van der Waals surface area contributed by atoms with E-state index in [0.717, 1.165) is 5.56 Å². The van der Waals surface area contributed by atoms with E-state index in [1.54, 1.807) is 24.3 Å². The van der Waals surface area contributed by atoms with Crippen LogP contribution in [0, 0.1) is 16.7 Å². The third-order valence-corrected chi connectivity index (χ3v) is 5.00. The van der Waals surface area contributed by atoms with Gasteiger partial charge in [0.1, 0.15) is 15.9 Å². The van der Waals surface area contributed by atoms with E-state index in [1.807, 2.05) is 19.9 Å². The maximum absolute atomic E-state index is 12.5. The van der Waals surface area contributed by atoms with E-state index < -0.39 is 0 Å². The van der Waals surface area contributed by atoms with E-state index in [-0.39, 0.29) is 17.1 Å². The summed E-state index contributed by atoms with van der Waals surface area (Å²) in [7, 11) is 0. The van der Waals surface area contributed by atoms with E-state index in [0.29, 0.717) is 33.8 Å². The molecular weight excluding hydrogens is 308 g/mol. The van der Waals surface area contributed by atoms with Gasteiger partial charge in [0.2, 0.25) is 0 Å². The zero-order valence-electron chi connectivity index (χ0n) is 13.0. The first-order valence-electron chi connectivity index (χ1n) is 7.37. The van der Waals surface area contributed by atoms with Gasteiger partial charge < -0.3 is 5.32 Å². The summed E-state index contributed by atoms with van der Waals surface area (Å²) >= 11 is 1.19. The molecule has 0 saturated carbocycles. The molecule has 0 radical (unpaired) electrons. The molecule has 1 aromatic carbocycles. The lowest BCUT2D eigenvalue weighted by atomic mass is 9.74. The molecule has 1 aliphatic carbocycles. The Bertz CT molecular complexity index is 829. The fraction of sp³-hybridized carbons (Fsp3) is 0.278. The van der Waals surface area contributed by atoms with Gasteiger partial charge in [0, 0.05) is 12.0 Å². The minimum atomic E-state index is -0.267. The van der Waals surface area contributed by atoms with E-state index >= 15 is 0 Å². The molecule has 0 aliphatic heterocycles. The number of nitrogens with zero attached hydrogens (tertiary/aromatic N) is 1. The predicted molar refractivity (Wildman–Crippen MR) is 89.9 cm³/mol. The smallest absolute Gasteiger partial charge is 0.256 e. The number of nitrogens with one attached hydrogen (secondary N) is 1. The summed E-state index contributed by atoms with van der Waals surface area (Å²) < 4.78 is 0. The largest absolute Gasteiger partial charge is 0.313 e. The predicted octanol–water partition coefficient (Wildman–Crippen LogP) is 4.03. The van der Waals surface area contributed by atoms with Crippen molar-refractivity contribution in [3.8, 4) is 6.07 Å². The van der Waals surface area contributed by atoms with E-state index in [1.165, 1.54) is 11.3 Å². The van der Waals surface area contributed by atoms with Gasteiger partial charge in [-0.15, -0.1) is 11.3 Å². The monoisotopic (exact) mass is 324 g/mol. The SMILES string of the molecule is CC1(C)CC(=O)c2c(NC(=O)c3ccccc3)sc(C#N)c2C1. The number of carbonyl (C=O) groups excluding carboxylic acids is 2. The number of hydrogen-bond donors (Lipinski definition) is 1. The van der Waals surface area contributed by atoms with Gasteiger partial charge in [0.05, 0.1) is 5.56 Å². The zero-order chi connectivity index (χ0) is 16.6. The standard InChI is InChI=1S/C18H16N2O2S/c1-18(2)8-12-14(10-19)23-17(15(12)13(21)9-18)20-16(22)11-6-4-3-5-7-11/h3-7H,8-9H2,1-2H3,(H,20,22). The minimum absolute atomic E-state index is 0.00244. The second-order valence-electron chi connectivity index (χ2n) is 6.49. The van der Waals surface area contributed by atoms with Crippen LogP contribution in [0.25, 0.3) is 0 Å². The van der Waals surface area contributed by atoms with Crippen LogP contribution < -0.4 is 5.32 Å². The molecule has 4 nitrogen and oxygen atoms in total. The van der Waals surface area contributed by atoms with Gasteiger partial charge in [-0.05, 0) is 29.5 Å². The Kier molecular flexibility index (Phi) is 3.78. The lowest BCUT2D eigenvalue weighted by molar-refractivity contribution is 0.0914. The van der Waals surface area contributed by atoms with Gasteiger partial charge in [0.25, 0.3) is 5.91 Å². The third kappa shape index (κ3) is 2.90. The number of hydrogen-bond acceptors (Lipinski definition) is 4. The average Bonchev–Trinajstić information content (AvgIpc) is 2.84. The van der Waals surface area contributed by atoms with Gasteiger partial charge in [-0.1, -0.05) is 32.0 Å². The molecule has 1 aliphatic rings. The molecule has 116 valence electrons. The van der Waals surface area contributed by atoms with Crippen molar-refractivity contribution in [2.24, 2.45) is 5.41 Å². The van der Waals surface area contributed by atoms with Crippen LogP contribution in [0.3, 0.4) is 0 Å². The van der Waals surface area contributed by atoms with Crippen molar-refractivity contribution in [2.45, 2.75) is 26.7 Å². The van der Waals surface area contributed by atoms with Gasteiger partial charge >= 0.3 is 0 Å². The van der Waals surface area contributed by atoms with Crippen LogP contribution in [0.15, 0.2) is 30.3 Å². The molecule has 1 amide bonds. The fourth-order valence-electron chi connectivity index (χ4n) is 2.94. The van der Waals surface area contributed by atoms with Gasteiger partial charge in [0.15, 0.2) is 5.78 Å². The summed E-state index contributed by atoms with van der Waals surface area (Å²) in [6.07, 6.45) is 1.10. The highest BCUT2D eigenvalue weighted by Crippen LogP contribution is 2.43. The molecule has 23 heavy (non-hydrogen) atoms. The second-order valence-corrected chi connectivity index (χ2v) is 7.51. The number of Topliss-reactive ketones (excluding diaryl/α,β-unsaturated/α-hetero) is 1. The summed E-state index contributed by atoms with van der Waals surface area (Å²) in [4.78, 5) is 25.4. The summed E-state index contributed by atoms with van der Waals surface area (Å²) in [6.45, 7) is 4.05. The molecule has 2 aromatic rings. The molecule has 1 N–H and O–H groups in total. The molecular formula is C18H16N2O2S. The molecule has 1 aromatic heterocycles. The number of amides is 1.